The molecule has 3 aliphatic heterocycles. The van der Waals surface area contributed by atoms with Crippen LogP contribution in [0.25, 0.3) is 0 Å². The third-order valence-electron chi connectivity index (χ3n) is 9.72. The van der Waals surface area contributed by atoms with Crippen LogP contribution in [0.2, 0.25) is 0 Å². The molecular formula is C35H48N3O8Y-. The fraction of sp³-hybridized carbons (Fsp3) is 0.600. The number of hydrogen-bond acceptors (Lipinski definition) is 8. The summed E-state index contributed by atoms with van der Waals surface area (Å²) >= 11 is 0. The molecule has 8 unspecified atom stereocenters. The number of aryl methyl sites for hydroxylation is 1. The number of epoxide rings is 1. The number of carbonyl (C=O) groups is 4. The van der Waals surface area contributed by atoms with E-state index in [1.807, 2.05) is 58.1 Å². The van der Waals surface area contributed by atoms with Crippen molar-refractivity contribution in [1.82, 2.24) is 10.2 Å². The predicted molar refractivity (Wildman–Crippen MR) is 172 cm³/mol. The summed E-state index contributed by atoms with van der Waals surface area (Å²) in [6.07, 6.45) is 3.37. The number of carbonyl (C=O) groups excluding carboxylic acids is 4. The van der Waals surface area contributed by atoms with Gasteiger partial charge in [0.1, 0.15) is 29.6 Å². The molecule has 0 aliphatic carbocycles. The van der Waals surface area contributed by atoms with Crippen molar-refractivity contribution in [3.05, 3.63) is 53.1 Å². The molecule has 2 fully saturated rings. The van der Waals surface area contributed by atoms with Gasteiger partial charge in [0.15, 0.2) is 0 Å². The number of amides is 3. The number of anilines is 1. The Morgan fingerprint density at radius 2 is 1.94 bits per heavy atom. The Balaban J connectivity index is 0.00000600. The summed E-state index contributed by atoms with van der Waals surface area (Å²) < 4.78 is 17.9. The first-order valence-electron chi connectivity index (χ1n) is 16.0. The number of aliphatic hydroxyl groups is 1. The smallest absolute Gasteiger partial charge is 0.409 e. The molecule has 3 amide bonds. The van der Waals surface area contributed by atoms with E-state index >= 15 is 0 Å². The number of nitrogens with one attached hydrogen (secondary N) is 1. The Morgan fingerprint density at radius 3 is 2.60 bits per heavy atom. The molecule has 1 aromatic rings. The normalized spacial score (nSPS) is 33.4. The van der Waals surface area contributed by atoms with Crippen LogP contribution in [0.1, 0.15) is 71.9 Å². The van der Waals surface area contributed by atoms with Crippen molar-refractivity contribution in [2.45, 2.75) is 110 Å². The molecule has 0 spiro atoms. The van der Waals surface area contributed by atoms with Crippen LogP contribution in [0, 0.1) is 24.8 Å². The van der Waals surface area contributed by atoms with Gasteiger partial charge in [0.05, 0.1) is 12.5 Å². The Bertz CT molecular complexity index is 1430. The summed E-state index contributed by atoms with van der Waals surface area (Å²) in [5, 5.41) is 14.2. The quantitative estimate of drug-likeness (QED) is 0.270. The van der Waals surface area contributed by atoms with E-state index in [9.17, 15) is 24.3 Å². The second-order valence-electron chi connectivity index (χ2n) is 13.3. The molecule has 8 atom stereocenters. The van der Waals surface area contributed by atoms with E-state index in [4.69, 9.17) is 14.2 Å². The largest absolute Gasteiger partial charge is 0.457 e. The van der Waals surface area contributed by atoms with Crippen LogP contribution in [-0.2, 0) is 67.7 Å². The van der Waals surface area contributed by atoms with E-state index in [0.717, 1.165) is 16.7 Å². The first-order valence-corrected chi connectivity index (χ1v) is 16.0. The van der Waals surface area contributed by atoms with Gasteiger partial charge in [0.25, 0.3) is 0 Å². The van der Waals surface area contributed by atoms with Crippen molar-refractivity contribution in [2.75, 3.05) is 19.0 Å². The minimum atomic E-state index is -1.57. The van der Waals surface area contributed by atoms with E-state index in [2.05, 4.69) is 11.4 Å². The molecule has 12 heteroatoms. The van der Waals surface area contributed by atoms with Gasteiger partial charge in [-0.3, -0.25) is 14.9 Å². The van der Waals surface area contributed by atoms with E-state index in [0.29, 0.717) is 12.1 Å². The van der Waals surface area contributed by atoms with E-state index in [-0.39, 0.29) is 63.8 Å². The van der Waals surface area contributed by atoms with Crippen molar-refractivity contribution in [2.24, 2.45) is 11.8 Å². The van der Waals surface area contributed by atoms with Crippen LogP contribution in [0.15, 0.2) is 35.9 Å². The Kier molecular flexibility index (Phi) is 12.7. The van der Waals surface area contributed by atoms with Gasteiger partial charge in [-0.2, -0.15) is 23.3 Å². The second-order valence-corrected chi connectivity index (χ2v) is 13.3. The number of fused-ring (bicyclic) bond motifs is 5. The summed E-state index contributed by atoms with van der Waals surface area (Å²) in [7, 11) is 3.20. The summed E-state index contributed by atoms with van der Waals surface area (Å²) in [5.41, 5.74) is 0.821. The van der Waals surface area contributed by atoms with Gasteiger partial charge in [-0.1, -0.05) is 57.2 Å². The first-order chi connectivity index (χ1) is 21.5. The van der Waals surface area contributed by atoms with E-state index < -0.39 is 59.6 Å². The summed E-state index contributed by atoms with van der Waals surface area (Å²) in [5.74, 6) is -2.07. The fourth-order valence-electron chi connectivity index (χ4n) is 6.29. The molecule has 47 heavy (non-hydrogen) atoms. The molecule has 0 saturated carbocycles. The summed E-state index contributed by atoms with van der Waals surface area (Å²) in [6, 6.07) is 6.30. The SMILES string of the molecule is CCC(=O)N(C)C(C)C(=O)OC1CC(=O)N(C)c2[c-]c(C)cc(c2)C/C(C)=C/C=C/C(C)C2(O)CC(OC(=O)N2)C(C)C2OC12C.[Y]. The topological polar surface area (TPSA) is 138 Å². The number of rotatable bonds is 4. The number of esters is 1. The molecule has 2 saturated heterocycles. The Morgan fingerprint density at radius 1 is 1.26 bits per heavy atom. The molecule has 2 N–H and O–H groups in total. The van der Waals surface area contributed by atoms with Gasteiger partial charge in [0.2, 0.25) is 11.8 Å². The van der Waals surface area contributed by atoms with Gasteiger partial charge >= 0.3 is 12.1 Å². The zero-order chi connectivity index (χ0) is 34.1. The van der Waals surface area contributed by atoms with Crippen LogP contribution in [0.5, 0.6) is 0 Å². The number of benzene rings is 1. The maximum Gasteiger partial charge on any atom is 0.409 e. The number of ether oxygens (including phenoxy) is 3. The van der Waals surface area contributed by atoms with Crippen molar-refractivity contribution >= 4 is 29.6 Å². The van der Waals surface area contributed by atoms with Crippen LogP contribution >= 0.6 is 0 Å². The summed E-state index contributed by atoms with van der Waals surface area (Å²) in [6.45, 7) is 12.6. The average Bonchev–Trinajstić information content (AvgIpc) is 3.69. The maximum absolute atomic E-state index is 13.8. The number of nitrogens with zero attached hydrogens (tertiary/aromatic N) is 2. The van der Waals surface area contributed by atoms with Crippen LogP contribution in [0.3, 0.4) is 0 Å². The van der Waals surface area contributed by atoms with Crippen LogP contribution in [0.4, 0.5) is 10.5 Å². The minimum Gasteiger partial charge on any atom is -0.457 e. The number of alkyl carbamates (subject to hydrolysis) is 1. The average molecular weight is 728 g/mol. The minimum absolute atomic E-state index is 0. The summed E-state index contributed by atoms with van der Waals surface area (Å²) in [4.78, 5) is 55.1. The van der Waals surface area contributed by atoms with Crippen molar-refractivity contribution < 1.29 is 71.2 Å². The maximum atomic E-state index is 13.8. The molecule has 11 nitrogen and oxygen atoms in total. The van der Waals surface area contributed by atoms with E-state index in [1.165, 1.54) is 16.8 Å². The molecule has 0 aromatic heterocycles. The zero-order valence-corrected chi connectivity index (χ0v) is 31.8. The third kappa shape index (κ3) is 8.71. The molecule has 3 heterocycles. The Labute approximate surface area is 303 Å². The Hall–Kier alpha value is -2.60. The number of likely N-dealkylation sites (N-methyl/N-ethyl adjacent to an activating group) is 1. The van der Waals surface area contributed by atoms with Gasteiger partial charge in [0, 0.05) is 71.5 Å². The molecule has 4 rings (SSSR count). The second kappa shape index (κ2) is 15.3. The molecular weight excluding hydrogens is 679 g/mol. The predicted octanol–water partition coefficient (Wildman–Crippen LogP) is 3.99. The fourth-order valence-corrected chi connectivity index (χ4v) is 6.29. The van der Waals surface area contributed by atoms with Gasteiger partial charge in [-0.05, 0) is 27.2 Å². The molecule has 255 valence electrons. The van der Waals surface area contributed by atoms with Crippen LogP contribution in [-0.4, -0.2) is 83.7 Å². The van der Waals surface area contributed by atoms with Crippen molar-refractivity contribution in [1.29, 1.82) is 0 Å². The van der Waals surface area contributed by atoms with Crippen LogP contribution < -0.4 is 10.2 Å². The molecule has 1 radical (unpaired) electrons. The number of hydrogen-bond donors (Lipinski definition) is 2. The standard InChI is InChI=1S/C35H48N3O8.Y/c1-10-29(39)37(8)24(6)32(41)45-28-18-30(40)38(9)26-16-21(3)15-25(17-26)14-20(2)12-11-13-22(4)35(43)19-27(44-33(42)36-35)23(5)31-34(28,7)46-31;/h11-13,15,17,22-24,27-28,31,43H,10,14,18-19H2,1-9H3,(H,36,42);/q-1;/b13-11+,20-12+;. The van der Waals surface area contributed by atoms with Crippen molar-refractivity contribution in [3.8, 4) is 0 Å². The molecule has 1 aromatic carbocycles. The van der Waals surface area contributed by atoms with Gasteiger partial charge in [-0.25, -0.2) is 9.59 Å². The number of allylic oxidation sites excluding steroid dienone is 3. The van der Waals surface area contributed by atoms with Gasteiger partial charge in [-0.15, -0.1) is 6.07 Å². The van der Waals surface area contributed by atoms with Gasteiger partial charge < -0.3 is 29.1 Å². The monoisotopic (exact) mass is 727 g/mol. The van der Waals surface area contributed by atoms with Crippen molar-refractivity contribution in [3.63, 3.8) is 0 Å². The zero-order valence-electron chi connectivity index (χ0n) is 29.0. The van der Waals surface area contributed by atoms with E-state index in [1.54, 1.807) is 27.8 Å². The first kappa shape index (κ1) is 38.8. The molecule has 4 bridgehead atoms. The molecule has 3 aliphatic rings. The third-order valence-corrected chi connectivity index (χ3v) is 9.72.